The van der Waals surface area contributed by atoms with E-state index >= 15 is 0 Å². The fourth-order valence-corrected chi connectivity index (χ4v) is 3.43. The highest BCUT2D eigenvalue weighted by molar-refractivity contribution is 9.10. The maximum absolute atomic E-state index is 11.4. The number of hydrogen-bond acceptors (Lipinski definition) is 4. The largest absolute Gasteiger partial charge is 0.301 e. The summed E-state index contributed by atoms with van der Waals surface area (Å²) in [6, 6.07) is 7.33. The predicted octanol–water partition coefficient (Wildman–Crippen LogP) is 2.78. The summed E-state index contributed by atoms with van der Waals surface area (Å²) in [5.74, 6) is 0.634. The molecule has 3 aromatic rings. The van der Waals surface area contributed by atoms with Gasteiger partial charge in [0.05, 0.1) is 5.69 Å². The fourth-order valence-electron chi connectivity index (χ4n) is 1.86. The molecule has 0 saturated heterocycles. The number of nitrogens with one attached hydrogen (secondary N) is 1. The summed E-state index contributed by atoms with van der Waals surface area (Å²) < 4.78 is 2.90. The number of fused-ring (bicyclic) bond motifs is 1. The summed E-state index contributed by atoms with van der Waals surface area (Å²) in [7, 11) is 0. The van der Waals surface area contributed by atoms with Crippen molar-refractivity contribution in [2.75, 3.05) is 0 Å². The van der Waals surface area contributed by atoms with Crippen molar-refractivity contribution in [3.05, 3.63) is 56.8 Å². The van der Waals surface area contributed by atoms with Gasteiger partial charge in [-0.05, 0) is 35.0 Å². The lowest BCUT2D eigenvalue weighted by Crippen LogP contribution is -2.08. The van der Waals surface area contributed by atoms with Gasteiger partial charge in [-0.25, -0.2) is 9.97 Å². The third-order valence-corrected chi connectivity index (χ3v) is 4.46. The Bertz CT molecular complexity index is 827. The smallest absolute Gasteiger partial charge is 0.251 e. The Hall–Kier alpha value is -1.60. The number of hydrogen-bond donors (Lipinski definition) is 1. The lowest BCUT2D eigenvalue weighted by Gasteiger charge is -2.00. The number of aromatic nitrogens is 4. The summed E-state index contributed by atoms with van der Waals surface area (Å²) in [6.45, 7) is 1.81. The van der Waals surface area contributed by atoms with Gasteiger partial charge in [0, 0.05) is 23.7 Å². The van der Waals surface area contributed by atoms with E-state index in [1.807, 2.05) is 28.8 Å². The van der Waals surface area contributed by atoms with Crippen LogP contribution in [0.1, 0.15) is 11.4 Å². The van der Waals surface area contributed by atoms with Gasteiger partial charge in [-0.1, -0.05) is 17.8 Å². The minimum Gasteiger partial charge on any atom is -0.301 e. The van der Waals surface area contributed by atoms with Crippen LogP contribution in [0.4, 0.5) is 0 Å². The second kappa shape index (κ2) is 5.41. The van der Waals surface area contributed by atoms with Crippen LogP contribution in [0.5, 0.6) is 0 Å². The molecule has 0 amide bonds. The first kappa shape index (κ1) is 13.4. The SMILES string of the molecule is Cc1cc(=O)[nH]c(SCc2nc3ccccn3c2Br)n1. The Kier molecular flexibility index (Phi) is 3.62. The average molecular weight is 351 g/mol. The van der Waals surface area contributed by atoms with Gasteiger partial charge < -0.3 is 4.98 Å². The van der Waals surface area contributed by atoms with Crippen LogP contribution in [-0.2, 0) is 5.75 Å². The van der Waals surface area contributed by atoms with E-state index < -0.39 is 0 Å². The van der Waals surface area contributed by atoms with E-state index in [1.165, 1.54) is 17.8 Å². The molecule has 0 aliphatic rings. The molecule has 0 unspecified atom stereocenters. The molecule has 0 aliphatic heterocycles. The fraction of sp³-hybridized carbons (Fsp3) is 0.154. The zero-order valence-corrected chi connectivity index (χ0v) is 13.0. The van der Waals surface area contributed by atoms with E-state index in [4.69, 9.17) is 0 Å². The Balaban J connectivity index is 1.86. The van der Waals surface area contributed by atoms with Gasteiger partial charge in [-0.2, -0.15) is 0 Å². The quantitative estimate of drug-likeness (QED) is 0.582. The molecule has 0 bridgehead atoms. The number of imidazole rings is 1. The molecule has 20 heavy (non-hydrogen) atoms. The standard InChI is InChI=1S/C13H11BrN4OS/c1-8-6-11(19)17-13(15-8)20-7-9-12(14)18-5-3-2-4-10(18)16-9/h2-6H,7H2,1H3,(H,15,17,19). The molecule has 0 spiro atoms. The van der Waals surface area contributed by atoms with E-state index in [2.05, 4.69) is 30.9 Å². The number of thioether (sulfide) groups is 1. The molecule has 1 N–H and O–H groups in total. The first-order valence-electron chi connectivity index (χ1n) is 5.96. The van der Waals surface area contributed by atoms with E-state index in [0.29, 0.717) is 16.6 Å². The molecular weight excluding hydrogens is 340 g/mol. The Morgan fingerprint density at radius 3 is 3.00 bits per heavy atom. The van der Waals surface area contributed by atoms with Gasteiger partial charge in [0.15, 0.2) is 5.16 Å². The number of aromatic amines is 1. The van der Waals surface area contributed by atoms with Crippen molar-refractivity contribution < 1.29 is 0 Å². The zero-order valence-electron chi connectivity index (χ0n) is 10.6. The maximum atomic E-state index is 11.4. The van der Waals surface area contributed by atoms with Crippen molar-refractivity contribution in [1.82, 2.24) is 19.4 Å². The van der Waals surface area contributed by atoms with Gasteiger partial charge in [-0.3, -0.25) is 9.20 Å². The molecule has 0 radical (unpaired) electrons. The van der Waals surface area contributed by atoms with Crippen molar-refractivity contribution in [3.63, 3.8) is 0 Å². The molecule has 0 fully saturated rings. The van der Waals surface area contributed by atoms with E-state index in [-0.39, 0.29) is 5.56 Å². The Morgan fingerprint density at radius 2 is 2.25 bits per heavy atom. The Labute approximate surface area is 127 Å². The third kappa shape index (κ3) is 2.64. The van der Waals surface area contributed by atoms with Crippen molar-refractivity contribution in [2.45, 2.75) is 17.8 Å². The van der Waals surface area contributed by atoms with Crippen LogP contribution in [0.25, 0.3) is 5.65 Å². The average Bonchev–Trinajstić information content (AvgIpc) is 2.73. The van der Waals surface area contributed by atoms with Crippen molar-refractivity contribution in [1.29, 1.82) is 0 Å². The summed E-state index contributed by atoms with van der Waals surface area (Å²) in [5.41, 5.74) is 2.39. The van der Waals surface area contributed by atoms with Crippen LogP contribution in [0.15, 0.2) is 45.0 Å². The molecule has 0 atom stereocenters. The molecule has 5 nitrogen and oxygen atoms in total. The number of pyridine rings is 1. The molecule has 7 heteroatoms. The highest BCUT2D eigenvalue weighted by Crippen LogP contribution is 2.25. The van der Waals surface area contributed by atoms with Crippen molar-refractivity contribution >= 4 is 33.3 Å². The molecule has 3 heterocycles. The van der Waals surface area contributed by atoms with Crippen LogP contribution in [0, 0.1) is 6.92 Å². The minimum atomic E-state index is -0.130. The number of nitrogens with zero attached hydrogens (tertiary/aromatic N) is 3. The van der Waals surface area contributed by atoms with Crippen LogP contribution in [0.3, 0.4) is 0 Å². The topological polar surface area (TPSA) is 63.0 Å². The summed E-state index contributed by atoms with van der Waals surface area (Å²) in [6.07, 6.45) is 1.95. The lowest BCUT2D eigenvalue weighted by atomic mass is 10.5. The summed E-state index contributed by atoms with van der Waals surface area (Å²) >= 11 is 5.01. The van der Waals surface area contributed by atoms with Crippen LogP contribution >= 0.6 is 27.7 Å². The highest BCUT2D eigenvalue weighted by Gasteiger charge is 2.10. The summed E-state index contributed by atoms with van der Waals surface area (Å²) in [5, 5.41) is 0.610. The Morgan fingerprint density at radius 1 is 1.40 bits per heavy atom. The second-order valence-corrected chi connectivity index (χ2v) is 5.97. The highest BCUT2D eigenvalue weighted by atomic mass is 79.9. The predicted molar refractivity (Wildman–Crippen MR) is 82.0 cm³/mol. The summed E-state index contributed by atoms with van der Waals surface area (Å²) in [4.78, 5) is 22.9. The van der Waals surface area contributed by atoms with Crippen molar-refractivity contribution in [2.24, 2.45) is 0 Å². The normalized spacial score (nSPS) is 11.1. The monoisotopic (exact) mass is 350 g/mol. The molecule has 102 valence electrons. The van der Waals surface area contributed by atoms with Gasteiger partial charge in [0.2, 0.25) is 0 Å². The van der Waals surface area contributed by atoms with E-state index in [9.17, 15) is 4.79 Å². The molecule has 0 aromatic carbocycles. The maximum Gasteiger partial charge on any atom is 0.251 e. The molecule has 0 saturated carbocycles. The van der Waals surface area contributed by atoms with Gasteiger partial charge in [0.1, 0.15) is 10.3 Å². The molecule has 3 rings (SSSR count). The van der Waals surface area contributed by atoms with Crippen LogP contribution < -0.4 is 5.56 Å². The van der Waals surface area contributed by atoms with Gasteiger partial charge in [0.25, 0.3) is 5.56 Å². The second-order valence-electron chi connectivity index (χ2n) is 4.26. The number of H-pyrrole nitrogens is 1. The van der Waals surface area contributed by atoms with Crippen molar-refractivity contribution in [3.8, 4) is 0 Å². The van der Waals surface area contributed by atoms with Gasteiger partial charge in [-0.15, -0.1) is 0 Å². The third-order valence-electron chi connectivity index (χ3n) is 2.73. The zero-order chi connectivity index (χ0) is 14.1. The van der Waals surface area contributed by atoms with E-state index in [1.54, 1.807) is 6.92 Å². The van der Waals surface area contributed by atoms with E-state index in [0.717, 1.165) is 15.9 Å². The molecule has 3 aromatic heterocycles. The lowest BCUT2D eigenvalue weighted by molar-refractivity contribution is 0.904. The molecule has 0 aliphatic carbocycles. The minimum absolute atomic E-state index is 0.130. The number of rotatable bonds is 3. The van der Waals surface area contributed by atoms with Gasteiger partial charge >= 0.3 is 0 Å². The first-order chi connectivity index (χ1) is 9.63. The number of aryl methyl sites for hydroxylation is 1. The van der Waals surface area contributed by atoms with Crippen LogP contribution in [-0.4, -0.2) is 19.4 Å². The number of halogens is 1. The molecular formula is C13H11BrN4OS. The first-order valence-corrected chi connectivity index (χ1v) is 7.73. The van der Waals surface area contributed by atoms with Crippen LogP contribution in [0.2, 0.25) is 0 Å².